The standard InChI is InChI=1S/C16H14N2O2/c19-15-11-18(16(20)12-6-2-1-3-7-12)10-13-8-4-5-9-14(13)17-15/h1-9H,10-11H2,(H,17,19). The third kappa shape index (κ3) is 2.40. The summed E-state index contributed by atoms with van der Waals surface area (Å²) in [7, 11) is 0. The monoisotopic (exact) mass is 266 g/mol. The lowest BCUT2D eigenvalue weighted by Gasteiger charge is -2.19. The molecule has 0 saturated carbocycles. The van der Waals surface area contributed by atoms with E-state index >= 15 is 0 Å². The number of anilines is 1. The van der Waals surface area contributed by atoms with Gasteiger partial charge < -0.3 is 10.2 Å². The number of amides is 2. The zero-order valence-electron chi connectivity index (χ0n) is 10.9. The number of para-hydroxylation sites is 1. The van der Waals surface area contributed by atoms with Gasteiger partial charge in [-0.1, -0.05) is 36.4 Å². The molecular formula is C16H14N2O2. The fourth-order valence-corrected chi connectivity index (χ4v) is 2.31. The molecule has 0 bridgehead atoms. The fourth-order valence-electron chi connectivity index (χ4n) is 2.31. The van der Waals surface area contributed by atoms with E-state index in [-0.39, 0.29) is 18.4 Å². The minimum atomic E-state index is -0.167. The van der Waals surface area contributed by atoms with Crippen LogP contribution in [-0.2, 0) is 11.3 Å². The summed E-state index contributed by atoms with van der Waals surface area (Å²) >= 11 is 0. The van der Waals surface area contributed by atoms with Gasteiger partial charge in [-0.25, -0.2) is 0 Å². The van der Waals surface area contributed by atoms with Crippen molar-refractivity contribution in [2.45, 2.75) is 6.54 Å². The summed E-state index contributed by atoms with van der Waals surface area (Å²) in [6, 6.07) is 16.6. The molecule has 0 spiro atoms. The summed E-state index contributed by atoms with van der Waals surface area (Å²) in [5, 5.41) is 2.83. The van der Waals surface area contributed by atoms with Crippen LogP contribution in [0.25, 0.3) is 0 Å². The maximum Gasteiger partial charge on any atom is 0.254 e. The van der Waals surface area contributed by atoms with E-state index in [0.29, 0.717) is 12.1 Å². The molecule has 1 heterocycles. The maximum absolute atomic E-state index is 12.5. The Morgan fingerprint density at radius 3 is 2.45 bits per heavy atom. The lowest BCUT2D eigenvalue weighted by atomic mass is 10.1. The van der Waals surface area contributed by atoms with Crippen molar-refractivity contribution in [1.29, 1.82) is 0 Å². The molecule has 100 valence electrons. The topological polar surface area (TPSA) is 49.4 Å². The average molecular weight is 266 g/mol. The van der Waals surface area contributed by atoms with Crippen molar-refractivity contribution >= 4 is 17.5 Å². The van der Waals surface area contributed by atoms with Gasteiger partial charge in [0.25, 0.3) is 5.91 Å². The molecule has 0 aromatic heterocycles. The Morgan fingerprint density at radius 2 is 1.65 bits per heavy atom. The third-order valence-corrected chi connectivity index (χ3v) is 3.30. The number of rotatable bonds is 1. The molecule has 2 aromatic carbocycles. The largest absolute Gasteiger partial charge is 0.325 e. The van der Waals surface area contributed by atoms with E-state index in [2.05, 4.69) is 5.32 Å². The first kappa shape index (κ1) is 12.4. The van der Waals surface area contributed by atoms with E-state index in [4.69, 9.17) is 0 Å². The molecule has 0 fully saturated rings. The highest BCUT2D eigenvalue weighted by Crippen LogP contribution is 2.21. The summed E-state index contributed by atoms with van der Waals surface area (Å²) in [5.74, 6) is -0.295. The van der Waals surface area contributed by atoms with E-state index in [1.54, 1.807) is 17.0 Å². The predicted octanol–water partition coefficient (Wildman–Crippen LogP) is 2.28. The third-order valence-electron chi connectivity index (χ3n) is 3.30. The van der Waals surface area contributed by atoms with Crippen LogP contribution in [-0.4, -0.2) is 23.3 Å². The van der Waals surface area contributed by atoms with Gasteiger partial charge in [-0.2, -0.15) is 0 Å². The number of nitrogens with one attached hydrogen (secondary N) is 1. The van der Waals surface area contributed by atoms with Crippen LogP contribution in [0.5, 0.6) is 0 Å². The van der Waals surface area contributed by atoms with Gasteiger partial charge in [-0.05, 0) is 23.8 Å². The van der Waals surface area contributed by atoms with Gasteiger partial charge in [0.1, 0.15) is 6.54 Å². The second-order valence-electron chi connectivity index (χ2n) is 4.73. The van der Waals surface area contributed by atoms with Gasteiger partial charge >= 0.3 is 0 Å². The molecular weight excluding hydrogens is 252 g/mol. The highest BCUT2D eigenvalue weighted by Gasteiger charge is 2.23. The van der Waals surface area contributed by atoms with E-state index in [0.717, 1.165) is 11.3 Å². The molecule has 4 nitrogen and oxygen atoms in total. The number of carbonyl (C=O) groups is 2. The highest BCUT2D eigenvalue weighted by molar-refractivity contribution is 6.00. The van der Waals surface area contributed by atoms with Crippen LogP contribution in [0, 0.1) is 0 Å². The van der Waals surface area contributed by atoms with E-state index in [9.17, 15) is 9.59 Å². The minimum Gasteiger partial charge on any atom is -0.325 e. The number of hydrogen-bond acceptors (Lipinski definition) is 2. The molecule has 0 aliphatic carbocycles. The first-order valence-corrected chi connectivity index (χ1v) is 6.46. The van der Waals surface area contributed by atoms with E-state index in [1.165, 1.54) is 0 Å². The van der Waals surface area contributed by atoms with Crippen LogP contribution in [0.15, 0.2) is 54.6 Å². The Balaban J connectivity index is 1.91. The van der Waals surface area contributed by atoms with Crippen LogP contribution in [0.3, 0.4) is 0 Å². The summed E-state index contributed by atoms with van der Waals surface area (Å²) in [6.45, 7) is 0.505. The molecule has 4 heteroatoms. The molecule has 3 rings (SSSR count). The molecule has 1 aliphatic rings. The predicted molar refractivity (Wildman–Crippen MR) is 76.3 cm³/mol. The quantitative estimate of drug-likeness (QED) is 0.861. The fraction of sp³-hybridized carbons (Fsp3) is 0.125. The Labute approximate surface area is 117 Å². The zero-order valence-corrected chi connectivity index (χ0v) is 10.9. The van der Waals surface area contributed by atoms with Gasteiger partial charge in [-0.15, -0.1) is 0 Å². The van der Waals surface area contributed by atoms with Gasteiger partial charge in [-0.3, -0.25) is 9.59 Å². The Kier molecular flexibility index (Phi) is 3.21. The van der Waals surface area contributed by atoms with Crippen molar-refractivity contribution in [2.75, 3.05) is 11.9 Å². The Bertz CT molecular complexity index is 653. The van der Waals surface area contributed by atoms with Crippen molar-refractivity contribution in [3.63, 3.8) is 0 Å². The second kappa shape index (κ2) is 5.17. The maximum atomic E-state index is 12.5. The van der Waals surface area contributed by atoms with Crippen LogP contribution >= 0.6 is 0 Å². The normalized spacial score (nSPS) is 14.2. The van der Waals surface area contributed by atoms with Crippen LogP contribution < -0.4 is 5.32 Å². The number of carbonyl (C=O) groups excluding carboxylic acids is 2. The molecule has 0 saturated heterocycles. The van der Waals surface area contributed by atoms with E-state index in [1.807, 2.05) is 42.5 Å². The van der Waals surface area contributed by atoms with Gasteiger partial charge in [0.05, 0.1) is 0 Å². The number of hydrogen-bond donors (Lipinski definition) is 1. The van der Waals surface area contributed by atoms with Crippen molar-refractivity contribution in [3.8, 4) is 0 Å². The molecule has 0 atom stereocenters. The zero-order chi connectivity index (χ0) is 13.9. The van der Waals surface area contributed by atoms with Crippen molar-refractivity contribution < 1.29 is 9.59 Å². The first-order chi connectivity index (χ1) is 9.74. The van der Waals surface area contributed by atoms with Crippen LogP contribution in [0.2, 0.25) is 0 Å². The van der Waals surface area contributed by atoms with E-state index < -0.39 is 0 Å². The Hall–Kier alpha value is -2.62. The van der Waals surface area contributed by atoms with Crippen molar-refractivity contribution in [2.24, 2.45) is 0 Å². The van der Waals surface area contributed by atoms with Crippen LogP contribution in [0.4, 0.5) is 5.69 Å². The molecule has 2 aromatic rings. The molecule has 20 heavy (non-hydrogen) atoms. The molecule has 1 aliphatic heterocycles. The number of benzene rings is 2. The summed E-state index contributed by atoms with van der Waals surface area (Å²) < 4.78 is 0. The summed E-state index contributed by atoms with van der Waals surface area (Å²) in [4.78, 5) is 25.9. The smallest absolute Gasteiger partial charge is 0.254 e. The molecule has 0 unspecified atom stereocenters. The summed E-state index contributed by atoms with van der Waals surface area (Å²) in [5.41, 5.74) is 2.32. The first-order valence-electron chi connectivity index (χ1n) is 6.46. The molecule has 0 radical (unpaired) electrons. The summed E-state index contributed by atoms with van der Waals surface area (Å²) in [6.07, 6.45) is 0. The number of fused-ring (bicyclic) bond motifs is 1. The van der Waals surface area contributed by atoms with Gasteiger partial charge in [0.2, 0.25) is 5.91 Å². The highest BCUT2D eigenvalue weighted by atomic mass is 16.2. The van der Waals surface area contributed by atoms with Gasteiger partial charge in [0.15, 0.2) is 0 Å². The second-order valence-corrected chi connectivity index (χ2v) is 4.73. The molecule has 2 amide bonds. The Morgan fingerprint density at radius 1 is 0.950 bits per heavy atom. The van der Waals surface area contributed by atoms with Gasteiger partial charge in [0, 0.05) is 17.8 Å². The average Bonchev–Trinajstić information content (AvgIpc) is 2.65. The van der Waals surface area contributed by atoms with Crippen molar-refractivity contribution in [1.82, 2.24) is 4.90 Å². The van der Waals surface area contributed by atoms with Crippen molar-refractivity contribution in [3.05, 3.63) is 65.7 Å². The lowest BCUT2D eigenvalue weighted by molar-refractivity contribution is -0.116. The minimum absolute atomic E-state index is 0.0718. The molecule has 1 N–H and O–H groups in total. The van der Waals surface area contributed by atoms with Crippen LogP contribution in [0.1, 0.15) is 15.9 Å². The lowest BCUT2D eigenvalue weighted by Crippen LogP contribution is -2.35. The SMILES string of the molecule is O=C1CN(C(=O)c2ccccc2)Cc2ccccc2N1. The number of nitrogens with zero attached hydrogens (tertiary/aromatic N) is 1.